The van der Waals surface area contributed by atoms with Crippen LogP contribution in [0.5, 0.6) is 0 Å². The first-order chi connectivity index (χ1) is 10.3. The normalized spacial score (nSPS) is 26.7. The van der Waals surface area contributed by atoms with E-state index in [-0.39, 0.29) is 30.5 Å². The molecule has 2 aromatic carbocycles. The van der Waals surface area contributed by atoms with Crippen LogP contribution in [-0.4, -0.2) is 17.8 Å². The number of hydrogen-bond donors (Lipinski definition) is 1. The minimum atomic E-state index is -0.227. The molecule has 4 rings (SSSR count). The fraction of sp³-hybridized carbons (Fsp3) is 0.333. The molecule has 2 aliphatic rings. The minimum absolute atomic E-state index is 0.0137. The number of benzene rings is 2. The van der Waals surface area contributed by atoms with Gasteiger partial charge >= 0.3 is 0 Å². The summed E-state index contributed by atoms with van der Waals surface area (Å²) in [5.74, 6) is -0.0316. The van der Waals surface area contributed by atoms with E-state index in [2.05, 4.69) is 12.1 Å². The highest BCUT2D eigenvalue weighted by Gasteiger charge is 2.40. The van der Waals surface area contributed by atoms with Crippen LogP contribution in [0, 0.1) is 5.82 Å². The number of rotatable bonds is 1. The molecule has 1 saturated heterocycles. The summed E-state index contributed by atoms with van der Waals surface area (Å²) in [6.45, 7) is 0.0137. The van der Waals surface area contributed by atoms with Gasteiger partial charge in [0.1, 0.15) is 5.82 Å². The van der Waals surface area contributed by atoms with Crippen LogP contribution in [0.2, 0.25) is 0 Å². The lowest BCUT2D eigenvalue weighted by Gasteiger charge is -2.19. The van der Waals surface area contributed by atoms with E-state index in [1.807, 2.05) is 18.2 Å². The first-order valence-electron chi connectivity index (χ1n) is 7.38. The predicted molar refractivity (Wildman–Crippen MR) is 77.7 cm³/mol. The van der Waals surface area contributed by atoms with E-state index in [9.17, 15) is 9.50 Å². The lowest BCUT2D eigenvalue weighted by Crippen LogP contribution is -2.11. The highest BCUT2D eigenvalue weighted by Crippen LogP contribution is 2.49. The van der Waals surface area contributed by atoms with Crippen molar-refractivity contribution in [2.75, 3.05) is 6.61 Å². The Morgan fingerprint density at radius 1 is 1.10 bits per heavy atom. The van der Waals surface area contributed by atoms with Crippen LogP contribution in [0.1, 0.15) is 40.7 Å². The van der Waals surface area contributed by atoms with Gasteiger partial charge in [0.05, 0.1) is 18.8 Å². The van der Waals surface area contributed by atoms with Crippen molar-refractivity contribution in [3.63, 3.8) is 0 Å². The monoisotopic (exact) mass is 284 g/mol. The average molecular weight is 284 g/mol. The van der Waals surface area contributed by atoms with Crippen LogP contribution < -0.4 is 0 Å². The van der Waals surface area contributed by atoms with Crippen molar-refractivity contribution >= 4 is 0 Å². The molecule has 2 nitrogen and oxygen atoms in total. The Bertz CT molecular complexity index is 683. The first-order valence-corrected chi connectivity index (χ1v) is 7.38. The predicted octanol–water partition coefficient (Wildman–Crippen LogP) is 3.34. The summed E-state index contributed by atoms with van der Waals surface area (Å²) in [6, 6.07) is 13.3. The van der Waals surface area contributed by atoms with Gasteiger partial charge in [-0.3, -0.25) is 0 Å². The van der Waals surface area contributed by atoms with Gasteiger partial charge in [-0.25, -0.2) is 4.39 Å². The number of aliphatic hydroxyl groups excluding tert-OH is 1. The van der Waals surface area contributed by atoms with Gasteiger partial charge in [0, 0.05) is 5.92 Å². The molecule has 0 bridgehead atoms. The van der Waals surface area contributed by atoms with Crippen molar-refractivity contribution in [1.29, 1.82) is 0 Å². The molecule has 0 radical (unpaired) electrons. The van der Waals surface area contributed by atoms with Crippen molar-refractivity contribution in [2.24, 2.45) is 0 Å². The second-order valence-electron chi connectivity index (χ2n) is 5.92. The third-order valence-corrected chi connectivity index (χ3v) is 4.67. The van der Waals surface area contributed by atoms with Crippen LogP contribution in [0.25, 0.3) is 0 Å². The molecule has 1 N–H and O–H groups in total. The molecule has 0 saturated carbocycles. The minimum Gasteiger partial charge on any atom is -0.394 e. The lowest BCUT2D eigenvalue weighted by molar-refractivity contribution is 0.00829. The molecule has 1 heterocycles. The molecular weight excluding hydrogens is 267 g/mol. The fourth-order valence-corrected chi connectivity index (χ4v) is 3.72. The summed E-state index contributed by atoms with van der Waals surface area (Å²) in [4.78, 5) is 0. The van der Waals surface area contributed by atoms with Gasteiger partial charge in [0.25, 0.3) is 0 Å². The maximum absolute atomic E-state index is 13.7. The van der Waals surface area contributed by atoms with E-state index in [0.717, 1.165) is 24.0 Å². The van der Waals surface area contributed by atoms with E-state index in [0.29, 0.717) is 0 Å². The standard InChI is InChI=1S/C18H17FO2/c19-13-6-5-12-7-11-3-1-2-4-15(11)17-9-14(10-20)21-18(17)16(12)8-13/h1-6,8,14,17-18,20H,7,9-10H2/t14-,17-,18-/m1/s1. The molecule has 1 aliphatic carbocycles. The smallest absolute Gasteiger partial charge is 0.123 e. The van der Waals surface area contributed by atoms with E-state index < -0.39 is 0 Å². The molecule has 0 unspecified atom stereocenters. The summed E-state index contributed by atoms with van der Waals surface area (Å²) in [7, 11) is 0. The Morgan fingerprint density at radius 3 is 2.76 bits per heavy atom. The number of hydrogen-bond acceptors (Lipinski definition) is 2. The lowest BCUT2D eigenvalue weighted by atomic mass is 9.87. The van der Waals surface area contributed by atoms with Gasteiger partial charge in [-0.1, -0.05) is 30.3 Å². The molecule has 21 heavy (non-hydrogen) atoms. The van der Waals surface area contributed by atoms with Gasteiger partial charge < -0.3 is 9.84 Å². The van der Waals surface area contributed by atoms with Crippen LogP contribution in [0.3, 0.4) is 0 Å². The SMILES string of the molecule is OC[C@H]1C[C@@H]2c3ccccc3Cc3ccc(F)cc3[C@H]2O1. The number of halogens is 1. The van der Waals surface area contributed by atoms with E-state index in [1.54, 1.807) is 6.07 Å². The highest BCUT2D eigenvalue weighted by atomic mass is 19.1. The molecule has 0 aromatic heterocycles. The van der Waals surface area contributed by atoms with Gasteiger partial charge in [0.2, 0.25) is 0 Å². The molecule has 0 amide bonds. The van der Waals surface area contributed by atoms with Crippen molar-refractivity contribution in [3.05, 3.63) is 70.5 Å². The van der Waals surface area contributed by atoms with Gasteiger partial charge in [-0.05, 0) is 47.2 Å². The second-order valence-corrected chi connectivity index (χ2v) is 5.92. The number of ether oxygens (including phenoxy) is 1. The molecule has 108 valence electrons. The summed E-state index contributed by atoms with van der Waals surface area (Å²) in [5.41, 5.74) is 4.61. The summed E-state index contributed by atoms with van der Waals surface area (Å²) < 4.78 is 19.7. The zero-order valence-electron chi connectivity index (χ0n) is 11.6. The van der Waals surface area contributed by atoms with E-state index >= 15 is 0 Å². The summed E-state index contributed by atoms with van der Waals surface area (Å²) >= 11 is 0. The quantitative estimate of drug-likeness (QED) is 0.870. The van der Waals surface area contributed by atoms with E-state index in [1.165, 1.54) is 17.2 Å². The second kappa shape index (κ2) is 4.93. The van der Waals surface area contributed by atoms with Crippen LogP contribution in [0.4, 0.5) is 4.39 Å². The van der Waals surface area contributed by atoms with Crippen molar-refractivity contribution in [2.45, 2.75) is 31.0 Å². The molecule has 2 aromatic rings. The van der Waals surface area contributed by atoms with Gasteiger partial charge in [-0.2, -0.15) is 0 Å². The Morgan fingerprint density at radius 2 is 1.90 bits per heavy atom. The van der Waals surface area contributed by atoms with Gasteiger partial charge in [-0.15, -0.1) is 0 Å². The third kappa shape index (κ3) is 2.08. The molecular formula is C18H17FO2. The average Bonchev–Trinajstić information content (AvgIpc) is 2.89. The maximum Gasteiger partial charge on any atom is 0.123 e. The van der Waals surface area contributed by atoms with Gasteiger partial charge in [0.15, 0.2) is 0 Å². The number of aliphatic hydroxyl groups is 1. The third-order valence-electron chi connectivity index (χ3n) is 4.67. The Kier molecular flexibility index (Phi) is 3.05. The zero-order valence-corrected chi connectivity index (χ0v) is 11.6. The molecule has 0 spiro atoms. The summed E-state index contributed by atoms with van der Waals surface area (Å²) in [5, 5.41) is 9.43. The van der Waals surface area contributed by atoms with E-state index in [4.69, 9.17) is 4.74 Å². The topological polar surface area (TPSA) is 29.5 Å². The van der Waals surface area contributed by atoms with Crippen LogP contribution in [0.15, 0.2) is 42.5 Å². The first kappa shape index (κ1) is 13.0. The Hall–Kier alpha value is -1.71. The highest BCUT2D eigenvalue weighted by molar-refractivity contribution is 5.45. The fourth-order valence-electron chi connectivity index (χ4n) is 3.72. The van der Waals surface area contributed by atoms with Crippen molar-refractivity contribution in [1.82, 2.24) is 0 Å². The molecule has 3 heteroatoms. The van der Waals surface area contributed by atoms with Crippen LogP contribution in [-0.2, 0) is 11.2 Å². The Labute approximate surface area is 123 Å². The van der Waals surface area contributed by atoms with Crippen molar-refractivity contribution in [3.8, 4) is 0 Å². The largest absolute Gasteiger partial charge is 0.394 e. The van der Waals surface area contributed by atoms with Crippen molar-refractivity contribution < 1.29 is 14.2 Å². The summed E-state index contributed by atoms with van der Waals surface area (Å²) in [6.07, 6.45) is 1.28. The molecule has 1 aliphatic heterocycles. The number of fused-ring (bicyclic) bond motifs is 5. The maximum atomic E-state index is 13.7. The molecule has 3 atom stereocenters. The van der Waals surface area contributed by atoms with Crippen LogP contribution >= 0.6 is 0 Å². The molecule has 1 fully saturated rings. The Balaban J connectivity index is 1.90. The zero-order chi connectivity index (χ0) is 14.4.